The molecular formula is C24H19Cl3F2N2O. The topological polar surface area (TPSA) is 23.6 Å². The highest BCUT2D eigenvalue weighted by molar-refractivity contribution is 6.36. The Morgan fingerprint density at radius 2 is 1.59 bits per heavy atom. The van der Waals surface area contributed by atoms with Crippen molar-refractivity contribution in [1.29, 1.82) is 0 Å². The molecule has 1 saturated heterocycles. The quantitative estimate of drug-likeness (QED) is 0.409. The van der Waals surface area contributed by atoms with E-state index in [0.29, 0.717) is 40.3 Å². The fraction of sp³-hybridized carbons (Fsp3) is 0.208. The summed E-state index contributed by atoms with van der Waals surface area (Å²) in [5.74, 6) is -2.05. The maximum atomic E-state index is 13.6. The van der Waals surface area contributed by atoms with Crippen LogP contribution in [0.15, 0.2) is 60.7 Å². The number of rotatable bonds is 4. The summed E-state index contributed by atoms with van der Waals surface area (Å²) in [4.78, 5) is 16.9. The predicted octanol–water partition coefficient (Wildman–Crippen LogP) is 6.56. The van der Waals surface area contributed by atoms with Crippen LogP contribution < -0.4 is 4.90 Å². The van der Waals surface area contributed by atoms with Crippen LogP contribution in [-0.2, 0) is 11.2 Å². The molecule has 3 nitrogen and oxygen atoms in total. The molecule has 1 fully saturated rings. The van der Waals surface area contributed by atoms with Crippen LogP contribution in [0.4, 0.5) is 14.5 Å². The van der Waals surface area contributed by atoms with Gasteiger partial charge in [-0.2, -0.15) is 0 Å². The molecule has 0 N–H and O–H groups in total. The van der Waals surface area contributed by atoms with Crippen molar-refractivity contribution in [2.45, 2.75) is 12.5 Å². The van der Waals surface area contributed by atoms with Crippen molar-refractivity contribution in [3.63, 3.8) is 0 Å². The first-order valence-corrected chi connectivity index (χ1v) is 11.1. The first-order chi connectivity index (χ1) is 15.3. The maximum absolute atomic E-state index is 13.6. The Bertz CT molecular complexity index is 1140. The van der Waals surface area contributed by atoms with Crippen molar-refractivity contribution in [3.8, 4) is 0 Å². The van der Waals surface area contributed by atoms with E-state index in [4.69, 9.17) is 34.8 Å². The van der Waals surface area contributed by atoms with Gasteiger partial charge in [0.1, 0.15) is 0 Å². The van der Waals surface area contributed by atoms with Gasteiger partial charge in [0, 0.05) is 29.7 Å². The fourth-order valence-corrected chi connectivity index (χ4v) is 4.56. The molecule has 0 saturated carbocycles. The molecular weight excluding hydrogens is 477 g/mol. The Labute approximate surface area is 200 Å². The summed E-state index contributed by atoms with van der Waals surface area (Å²) in [6.07, 6.45) is -0.00770. The summed E-state index contributed by atoms with van der Waals surface area (Å²) < 4.78 is 26.8. The third kappa shape index (κ3) is 5.01. The number of carbonyl (C=O) groups excluding carboxylic acids is 1. The number of nitrogens with zero attached hydrogens (tertiary/aromatic N) is 2. The minimum atomic E-state index is -0.962. The van der Waals surface area contributed by atoms with Gasteiger partial charge in [-0.15, -0.1) is 0 Å². The van der Waals surface area contributed by atoms with Gasteiger partial charge in [0.15, 0.2) is 11.6 Å². The van der Waals surface area contributed by atoms with Crippen LogP contribution in [0.5, 0.6) is 0 Å². The van der Waals surface area contributed by atoms with E-state index in [1.807, 2.05) is 18.2 Å². The van der Waals surface area contributed by atoms with Crippen LogP contribution in [0.25, 0.3) is 0 Å². The lowest BCUT2D eigenvalue weighted by molar-refractivity contribution is -0.131. The second-order valence-electron chi connectivity index (χ2n) is 7.62. The molecule has 0 bridgehead atoms. The molecule has 0 radical (unpaired) electrons. The van der Waals surface area contributed by atoms with Gasteiger partial charge in [-0.1, -0.05) is 53.0 Å². The van der Waals surface area contributed by atoms with Crippen LogP contribution in [0.2, 0.25) is 15.1 Å². The van der Waals surface area contributed by atoms with Gasteiger partial charge in [0.2, 0.25) is 5.91 Å². The van der Waals surface area contributed by atoms with Gasteiger partial charge in [0.05, 0.1) is 23.2 Å². The second kappa shape index (κ2) is 9.65. The summed E-state index contributed by atoms with van der Waals surface area (Å²) >= 11 is 18.6. The summed E-state index contributed by atoms with van der Waals surface area (Å²) in [6.45, 7) is 1.41. The zero-order valence-corrected chi connectivity index (χ0v) is 19.1. The lowest BCUT2D eigenvalue weighted by Gasteiger charge is -2.43. The molecule has 0 spiro atoms. The highest BCUT2D eigenvalue weighted by atomic mass is 35.5. The Morgan fingerprint density at radius 1 is 0.875 bits per heavy atom. The number of hydrogen-bond donors (Lipinski definition) is 0. The molecule has 1 aliphatic rings. The summed E-state index contributed by atoms with van der Waals surface area (Å²) in [5, 5.41) is 1.69. The molecule has 1 heterocycles. The molecule has 0 aliphatic carbocycles. The largest absolute Gasteiger partial charge is 0.360 e. The molecule has 166 valence electrons. The van der Waals surface area contributed by atoms with Crippen LogP contribution in [-0.4, -0.2) is 30.4 Å². The molecule has 3 aromatic rings. The number of carbonyl (C=O) groups is 1. The zero-order valence-electron chi connectivity index (χ0n) is 16.9. The molecule has 1 aliphatic heterocycles. The van der Waals surface area contributed by atoms with Crippen molar-refractivity contribution in [2.75, 3.05) is 24.5 Å². The maximum Gasteiger partial charge on any atom is 0.227 e. The van der Waals surface area contributed by atoms with Crippen LogP contribution in [0.1, 0.15) is 17.2 Å². The lowest BCUT2D eigenvalue weighted by atomic mass is 10.0. The number of halogens is 5. The Balaban J connectivity index is 1.60. The molecule has 0 aromatic heterocycles. The minimum absolute atomic E-state index is 0.00770. The van der Waals surface area contributed by atoms with Gasteiger partial charge in [0.25, 0.3) is 0 Å². The number of piperazine rings is 1. The van der Waals surface area contributed by atoms with Gasteiger partial charge in [-0.05, 0) is 53.6 Å². The molecule has 3 aromatic carbocycles. The standard InChI is InChI=1S/C24H19Cl3F2N2O/c25-17-4-2-16(3-5-17)23-14-30(24(32)12-15-1-7-20(28)21(29)11-15)9-10-31(23)22-8-6-18(26)13-19(22)27/h1-8,11,13,23H,9-10,12,14H2. The van der Waals surface area contributed by atoms with Crippen LogP contribution in [0, 0.1) is 11.6 Å². The fourth-order valence-electron chi connectivity index (χ4n) is 3.92. The van der Waals surface area contributed by atoms with E-state index in [1.165, 1.54) is 6.07 Å². The number of benzene rings is 3. The van der Waals surface area contributed by atoms with Crippen molar-refractivity contribution in [3.05, 3.63) is 98.5 Å². The molecule has 4 rings (SSSR count). The van der Waals surface area contributed by atoms with E-state index in [0.717, 1.165) is 23.4 Å². The Morgan fingerprint density at radius 3 is 2.28 bits per heavy atom. The summed E-state index contributed by atoms with van der Waals surface area (Å²) in [6, 6.07) is 16.2. The minimum Gasteiger partial charge on any atom is -0.360 e. The first kappa shape index (κ1) is 22.8. The summed E-state index contributed by atoms with van der Waals surface area (Å²) in [5.41, 5.74) is 2.23. The van der Waals surface area contributed by atoms with Gasteiger partial charge < -0.3 is 9.80 Å². The molecule has 1 unspecified atom stereocenters. The highest BCUT2D eigenvalue weighted by Crippen LogP contribution is 2.37. The van der Waals surface area contributed by atoms with E-state index >= 15 is 0 Å². The summed E-state index contributed by atoms with van der Waals surface area (Å²) in [7, 11) is 0. The van der Waals surface area contributed by atoms with Gasteiger partial charge >= 0.3 is 0 Å². The van der Waals surface area contributed by atoms with Crippen molar-refractivity contribution in [2.24, 2.45) is 0 Å². The van der Waals surface area contributed by atoms with E-state index in [9.17, 15) is 13.6 Å². The van der Waals surface area contributed by atoms with Crippen molar-refractivity contribution >= 4 is 46.4 Å². The number of amides is 1. The van der Waals surface area contributed by atoms with Crippen molar-refractivity contribution in [1.82, 2.24) is 4.90 Å². The SMILES string of the molecule is O=C(Cc1ccc(F)c(F)c1)N1CCN(c2ccc(Cl)cc2Cl)C(c2ccc(Cl)cc2)C1. The zero-order chi connectivity index (χ0) is 22.8. The lowest BCUT2D eigenvalue weighted by Crippen LogP contribution is -2.51. The molecule has 8 heteroatoms. The van der Waals surface area contributed by atoms with E-state index in [1.54, 1.807) is 29.2 Å². The molecule has 32 heavy (non-hydrogen) atoms. The molecule has 1 atom stereocenters. The van der Waals surface area contributed by atoms with Crippen molar-refractivity contribution < 1.29 is 13.6 Å². The third-order valence-electron chi connectivity index (χ3n) is 5.55. The van der Waals surface area contributed by atoms with Crippen LogP contribution >= 0.6 is 34.8 Å². The van der Waals surface area contributed by atoms with E-state index in [-0.39, 0.29) is 18.4 Å². The van der Waals surface area contributed by atoms with E-state index in [2.05, 4.69) is 4.90 Å². The second-order valence-corrected chi connectivity index (χ2v) is 8.90. The smallest absolute Gasteiger partial charge is 0.227 e. The van der Waals surface area contributed by atoms with Crippen LogP contribution in [0.3, 0.4) is 0 Å². The number of hydrogen-bond acceptors (Lipinski definition) is 2. The normalized spacial score (nSPS) is 16.3. The monoisotopic (exact) mass is 494 g/mol. The highest BCUT2D eigenvalue weighted by Gasteiger charge is 2.32. The average molecular weight is 496 g/mol. The molecule has 1 amide bonds. The average Bonchev–Trinajstić information content (AvgIpc) is 2.77. The Hall–Kier alpha value is -2.34. The first-order valence-electron chi connectivity index (χ1n) is 10.0. The number of anilines is 1. The Kier molecular flexibility index (Phi) is 6.89. The van der Waals surface area contributed by atoms with E-state index < -0.39 is 11.6 Å². The van der Waals surface area contributed by atoms with Gasteiger partial charge in [-0.25, -0.2) is 8.78 Å². The predicted molar refractivity (Wildman–Crippen MR) is 125 cm³/mol. The third-order valence-corrected chi connectivity index (χ3v) is 6.34. The van der Waals surface area contributed by atoms with Gasteiger partial charge in [-0.3, -0.25) is 4.79 Å².